The maximum absolute atomic E-state index is 15.3. The monoisotopic (exact) mass is 585 g/mol. The number of benzene rings is 3. The van der Waals surface area contributed by atoms with Gasteiger partial charge in [0.2, 0.25) is 0 Å². The van der Waals surface area contributed by atoms with E-state index in [1.807, 2.05) is 11.0 Å². The number of para-hydroxylation sites is 1. The molecule has 1 aliphatic rings. The minimum absolute atomic E-state index is 0.0128. The molecule has 0 unspecified atom stereocenters. The van der Waals surface area contributed by atoms with Crippen molar-refractivity contribution in [3.8, 4) is 0 Å². The zero-order valence-electron chi connectivity index (χ0n) is 22.7. The first kappa shape index (κ1) is 29.9. The quantitative estimate of drug-likeness (QED) is 0.188. The van der Waals surface area contributed by atoms with E-state index in [0.717, 1.165) is 46.7 Å². The van der Waals surface area contributed by atoms with Crippen LogP contribution in [0.4, 0.5) is 21.5 Å². The number of nitro benzene ring substituents is 1. The number of halogens is 1. The van der Waals surface area contributed by atoms with E-state index in [-0.39, 0.29) is 43.9 Å². The molecule has 4 rings (SSSR count). The number of ether oxygens (including phenoxy) is 1. The topological polar surface area (TPSA) is 130 Å². The molecule has 12 heteroatoms. The average molecular weight is 586 g/mol. The van der Waals surface area contributed by atoms with Crippen LogP contribution in [0.3, 0.4) is 0 Å². The Hall–Kier alpha value is -4.03. The van der Waals surface area contributed by atoms with Crippen molar-refractivity contribution in [2.45, 2.75) is 44.0 Å². The zero-order valence-corrected chi connectivity index (χ0v) is 23.5. The number of aryl methyl sites for hydroxylation is 1. The number of sulfonamides is 1. The minimum Gasteiger partial charge on any atom is -0.466 e. The Balaban J connectivity index is 1.79. The summed E-state index contributed by atoms with van der Waals surface area (Å²) >= 11 is 0. The van der Waals surface area contributed by atoms with Gasteiger partial charge in [0.05, 0.1) is 30.4 Å². The van der Waals surface area contributed by atoms with Crippen LogP contribution in [0.25, 0.3) is 0 Å². The van der Waals surface area contributed by atoms with Gasteiger partial charge in [0.25, 0.3) is 15.7 Å². The van der Waals surface area contributed by atoms with Crippen molar-refractivity contribution in [3.63, 3.8) is 0 Å². The minimum atomic E-state index is -4.54. The van der Waals surface area contributed by atoms with E-state index in [1.54, 1.807) is 19.1 Å². The molecular weight excluding hydrogens is 553 g/mol. The van der Waals surface area contributed by atoms with Gasteiger partial charge in [-0.3, -0.25) is 19.2 Å². The fourth-order valence-corrected chi connectivity index (χ4v) is 6.65. The molecule has 10 nitrogen and oxygen atoms in total. The molecule has 0 bridgehead atoms. The highest BCUT2D eigenvalue weighted by molar-refractivity contribution is 7.93. The van der Waals surface area contributed by atoms with Crippen LogP contribution in [0.15, 0.2) is 65.6 Å². The molecule has 0 atom stereocenters. The molecule has 3 aromatic carbocycles. The van der Waals surface area contributed by atoms with Crippen LogP contribution in [0.1, 0.15) is 36.5 Å². The van der Waals surface area contributed by atoms with E-state index in [9.17, 15) is 28.4 Å². The number of β-amino-alcohol motifs (C(OH)–C–C–N with tert-alkyl or cyclic N) is 1. The number of fused-ring (bicyclic) bond motifs is 1. The largest absolute Gasteiger partial charge is 0.466 e. The van der Waals surface area contributed by atoms with Gasteiger partial charge in [-0.25, -0.2) is 12.8 Å². The summed E-state index contributed by atoms with van der Waals surface area (Å²) in [5.41, 5.74) is 2.06. The number of carbonyl (C=O) groups excluding carboxylic acids is 1. The maximum atomic E-state index is 15.3. The number of aliphatic hydroxyl groups is 1. The van der Waals surface area contributed by atoms with Gasteiger partial charge in [-0.15, -0.1) is 0 Å². The van der Waals surface area contributed by atoms with E-state index < -0.39 is 37.3 Å². The SMILES string of the molecule is CCOC(=O)CCc1ccc(N(Cc2cccc3c2CCCN3CCO)S(=O)(=O)c2ccccc2[N+](=O)[O-])cc1F. The molecule has 218 valence electrons. The summed E-state index contributed by atoms with van der Waals surface area (Å²) in [5, 5.41) is 21.3. The molecule has 41 heavy (non-hydrogen) atoms. The maximum Gasteiger partial charge on any atom is 0.306 e. The summed E-state index contributed by atoms with van der Waals surface area (Å²) in [4.78, 5) is 24.3. The lowest BCUT2D eigenvalue weighted by atomic mass is 9.96. The summed E-state index contributed by atoms with van der Waals surface area (Å²) in [5.74, 6) is -1.18. The second kappa shape index (κ2) is 13.1. The van der Waals surface area contributed by atoms with Crippen LogP contribution < -0.4 is 9.21 Å². The van der Waals surface area contributed by atoms with Crippen LogP contribution in [0.2, 0.25) is 0 Å². The molecule has 3 aromatic rings. The number of aliphatic hydroxyl groups excluding tert-OH is 1. The Morgan fingerprint density at radius 1 is 1.15 bits per heavy atom. The van der Waals surface area contributed by atoms with Crippen molar-refractivity contribution in [2.75, 3.05) is 35.5 Å². The van der Waals surface area contributed by atoms with Gasteiger partial charge in [-0.2, -0.15) is 0 Å². The molecule has 0 saturated heterocycles. The van der Waals surface area contributed by atoms with E-state index >= 15 is 4.39 Å². The van der Waals surface area contributed by atoms with Gasteiger partial charge in [0.1, 0.15) is 5.82 Å². The molecule has 0 spiro atoms. The number of esters is 1. The highest BCUT2D eigenvalue weighted by atomic mass is 32.2. The molecule has 0 aromatic heterocycles. The molecule has 0 radical (unpaired) electrons. The van der Waals surface area contributed by atoms with Crippen LogP contribution >= 0.6 is 0 Å². The van der Waals surface area contributed by atoms with Crippen LogP contribution in [0.5, 0.6) is 0 Å². The normalized spacial score (nSPS) is 13.0. The number of nitrogens with zero attached hydrogens (tertiary/aromatic N) is 3. The lowest BCUT2D eigenvalue weighted by molar-refractivity contribution is -0.387. The van der Waals surface area contributed by atoms with Gasteiger partial charge < -0.3 is 14.7 Å². The van der Waals surface area contributed by atoms with Crippen molar-refractivity contribution in [1.82, 2.24) is 0 Å². The molecule has 0 aliphatic carbocycles. The Morgan fingerprint density at radius 2 is 1.93 bits per heavy atom. The van der Waals surface area contributed by atoms with Crippen molar-refractivity contribution in [2.24, 2.45) is 0 Å². The van der Waals surface area contributed by atoms with Crippen molar-refractivity contribution in [1.29, 1.82) is 0 Å². The molecule has 1 N–H and O–H groups in total. The summed E-state index contributed by atoms with van der Waals surface area (Å²) in [6, 6.07) is 14.4. The summed E-state index contributed by atoms with van der Waals surface area (Å²) in [7, 11) is -4.54. The summed E-state index contributed by atoms with van der Waals surface area (Å²) in [6.07, 6.45) is 1.50. The summed E-state index contributed by atoms with van der Waals surface area (Å²) in [6.45, 7) is 2.81. The Morgan fingerprint density at radius 3 is 2.63 bits per heavy atom. The van der Waals surface area contributed by atoms with Gasteiger partial charge in [0.15, 0.2) is 4.90 Å². The van der Waals surface area contributed by atoms with E-state index in [4.69, 9.17) is 4.74 Å². The molecule has 1 heterocycles. The molecular formula is C29H32FN3O7S. The van der Waals surface area contributed by atoms with Gasteiger partial charge >= 0.3 is 5.97 Å². The van der Waals surface area contributed by atoms with Crippen molar-refractivity contribution in [3.05, 3.63) is 93.3 Å². The first-order valence-corrected chi connectivity index (χ1v) is 14.8. The Labute approximate surface area is 238 Å². The predicted octanol–water partition coefficient (Wildman–Crippen LogP) is 4.37. The first-order valence-electron chi connectivity index (χ1n) is 13.3. The lowest BCUT2D eigenvalue weighted by Crippen LogP contribution is -2.34. The van der Waals surface area contributed by atoms with Crippen molar-refractivity contribution >= 4 is 33.1 Å². The zero-order chi connectivity index (χ0) is 29.6. The Bertz CT molecular complexity index is 1530. The van der Waals surface area contributed by atoms with Crippen molar-refractivity contribution < 1.29 is 32.4 Å². The average Bonchev–Trinajstić information content (AvgIpc) is 2.95. The number of hydrogen-bond acceptors (Lipinski definition) is 8. The van der Waals surface area contributed by atoms with E-state index in [1.165, 1.54) is 24.3 Å². The number of rotatable bonds is 12. The van der Waals surface area contributed by atoms with Crippen LogP contribution in [-0.2, 0) is 38.9 Å². The Kier molecular flexibility index (Phi) is 9.56. The number of nitro groups is 1. The highest BCUT2D eigenvalue weighted by Crippen LogP contribution is 2.35. The summed E-state index contributed by atoms with van der Waals surface area (Å²) < 4.78 is 49.3. The van der Waals surface area contributed by atoms with Gasteiger partial charge in [-0.05, 0) is 67.1 Å². The number of anilines is 2. The van der Waals surface area contributed by atoms with Gasteiger partial charge in [0, 0.05) is 31.3 Å². The predicted molar refractivity (Wildman–Crippen MR) is 152 cm³/mol. The highest BCUT2D eigenvalue weighted by Gasteiger charge is 2.33. The van der Waals surface area contributed by atoms with Gasteiger partial charge in [-0.1, -0.05) is 30.3 Å². The third kappa shape index (κ3) is 6.66. The third-order valence-corrected chi connectivity index (χ3v) is 8.81. The van der Waals surface area contributed by atoms with Crippen LogP contribution in [0, 0.1) is 15.9 Å². The standard InChI is InChI=1S/C29H32FN3O7S/c1-2-40-29(35)15-13-21-12-14-23(19-25(21)30)32(41(38,39)28-11-4-3-9-27(28)33(36)37)20-22-7-5-10-26-24(22)8-6-16-31(26)17-18-34/h3-5,7,9-12,14,19,34H,2,6,8,13,15-18,20H2,1H3. The fourth-order valence-electron chi connectivity index (χ4n) is 5.05. The molecule has 0 saturated carbocycles. The second-order valence-electron chi connectivity index (χ2n) is 9.55. The lowest BCUT2D eigenvalue weighted by Gasteiger charge is -2.33. The van der Waals surface area contributed by atoms with Crippen LogP contribution in [-0.4, -0.2) is 50.7 Å². The number of hydrogen-bond donors (Lipinski definition) is 1. The second-order valence-corrected chi connectivity index (χ2v) is 11.4. The van der Waals surface area contributed by atoms with E-state index in [2.05, 4.69) is 0 Å². The van der Waals surface area contributed by atoms with E-state index in [0.29, 0.717) is 18.5 Å². The first-order chi connectivity index (χ1) is 19.7. The molecule has 1 aliphatic heterocycles. The third-order valence-electron chi connectivity index (χ3n) is 6.99. The molecule has 0 amide bonds. The smallest absolute Gasteiger partial charge is 0.306 e. The fraction of sp³-hybridized carbons (Fsp3) is 0.345. The molecule has 0 fully saturated rings. The number of carbonyl (C=O) groups is 1.